The number of hydrazine groups is 1. The van der Waals surface area contributed by atoms with Crippen LogP contribution < -0.4 is 16.6 Å². The highest BCUT2D eigenvalue weighted by Crippen LogP contribution is 2.14. The molecular formula is C16H20N4O. The zero-order valence-corrected chi connectivity index (χ0v) is 12.3. The van der Waals surface area contributed by atoms with E-state index in [1.54, 1.807) is 12.1 Å². The van der Waals surface area contributed by atoms with Gasteiger partial charge in [0, 0.05) is 11.3 Å². The number of aryl methyl sites for hydroxylation is 1. The quantitative estimate of drug-likeness (QED) is 0.582. The summed E-state index contributed by atoms with van der Waals surface area (Å²) < 4.78 is 0. The normalized spacial score (nSPS) is 11.8. The Morgan fingerprint density at radius 1 is 1.29 bits per heavy atom. The molecule has 0 fully saturated rings. The van der Waals surface area contributed by atoms with Gasteiger partial charge in [-0.1, -0.05) is 37.3 Å². The van der Waals surface area contributed by atoms with Crippen molar-refractivity contribution in [2.75, 3.05) is 5.43 Å². The van der Waals surface area contributed by atoms with Crippen LogP contribution in [0.2, 0.25) is 0 Å². The van der Waals surface area contributed by atoms with Gasteiger partial charge >= 0.3 is 0 Å². The third-order valence-corrected chi connectivity index (χ3v) is 3.30. The summed E-state index contributed by atoms with van der Waals surface area (Å²) in [6.45, 7) is 3.94. The van der Waals surface area contributed by atoms with Gasteiger partial charge in [-0.2, -0.15) is 0 Å². The van der Waals surface area contributed by atoms with Gasteiger partial charge in [-0.15, -0.1) is 0 Å². The minimum Gasteiger partial charge on any atom is -0.346 e. The summed E-state index contributed by atoms with van der Waals surface area (Å²) >= 11 is 0. The minimum atomic E-state index is -0.139. The van der Waals surface area contributed by atoms with Crippen LogP contribution in [-0.2, 0) is 6.42 Å². The van der Waals surface area contributed by atoms with Gasteiger partial charge in [0.1, 0.15) is 5.82 Å². The molecule has 0 aliphatic rings. The maximum Gasteiger partial charge on any atom is 0.251 e. The highest BCUT2D eigenvalue weighted by Gasteiger charge is 2.13. The van der Waals surface area contributed by atoms with Crippen LogP contribution in [0.15, 0.2) is 42.5 Å². The number of nitrogens with one attached hydrogen (secondary N) is 2. The second kappa shape index (κ2) is 6.85. The summed E-state index contributed by atoms with van der Waals surface area (Å²) in [4.78, 5) is 16.6. The Labute approximate surface area is 124 Å². The molecule has 1 amide bonds. The van der Waals surface area contributed by atoms with E-state index in [-0.39, 0.29) is 11.9 Å². The molecule has 0 spiro atoms. The highest BCUT2D eigenvalue weighted by atomic mass is 16.1. The van der Waals surface area contributed by atoms with Crippen LogP contribution >= 0.6 is 0 Å². The topological polar surface area (TPSA) is 80.0 Å². The van der Waals surface area contributed by atoms with Gasteiger partial charge in [-0.05, 0) is 31.0 Å². The standard InChI is InChI=1S/C16H20N4O/c1-3-14-9-13(10-15(19-14)20-17)16(21)18-11(2)12-7-5-4-6-8-12/h4-11H,3,17H2,1-2H3,(H,18,21)(H,19,20). The maximum absolute atomic E-state index is 12.4. The van der Waals surface area contributed by atoms with Crippen LogP contribution in [0.4, 0.5) is 5.82 Å². The fourth-order valence-electron chi connectivity index (χ4n) is 2.08. The molecule has 2 rings (SSSR count). The molecule has 0 radical (unpaired) electrons. The number of carbonyl (C=O) groups is 1. The number of nitrogens with zero attached hydrogens (tertiary/aromatic N) is 1. The van der Waals surface area contributed by atoms with E-state index in [1.165, 1.54) is 0 Å². The molecular weight excluding hydrogens is 264 g/mol. The first-order valence-electron chi connectivity index (χ1n) is 6.97. The lowest BCUT2D eigenvalue weighted by Crippen LogP contribution is -2.27. The number of nitrogen functional groups attached to an aromatic ring is 1. The predicted octanol–water partition coefficient (Wildman–Crippen LogP) is 2.42. The number of rotatable bonds is 5. The lowest BCUT2D eigenvalue weighted by atomic mass is 10.1. The van der Waals surface area contributed by atoms with Crippen molar-refractivity contribution in [1.82, 2.24) is 10.3 Å². The molecule has 1 atom stereocenters. The Morgan fingerprint density at radius 3 is 2.62 bits per heavy atom. The zero-order chi connectivity index (χ0) is 15.2. The Balaban J connectivity index is 2.16. The summed E-state index contributed by atoms with van der Waals surface area (Å²) in [6.07, 6.45) is 0.740. The number of hydrogen-bond acceptors (Lipinski definition) is 4. The SMILES string of the molecule is CCc1cc(C(=O)NC(C)c2ccccc2)cc(NN)n1. The average molecular weight is 284 g/mol. The second-order valence-electron chi connectivity index (χ2n) is 4.84. The van der Waals surface area contributed by atoms with E-state index in [4.69, 9.17) is 5.84 Å². The first-order chi connectivity index (χ1) is 10.1. The molecule has 1 heterocycles. The summed E-state index contributed by atoms with van der Waals surface area (Å²) in [5.74, 6) is 5.74. The van der Waals surface area contributed by atoms with Crippen LogP contribution in [0.5, 0.6) is 0 Å². The molecule has 21 heavy (non-hydrogen) atoms. The fourth-order valence-corrected chi connectivity index (χ4v) is 2.08. The molecule has 0 saturated carbocycles. The lowest BCUT2D eigenvalue weighted by molar-refractivity contribution is 0.0939. The molecule has 1 aromatic heterocycles. The van der Waals surface area contributed by atoms with Crippen LogP contribution in [-0.4, -0.2) is 10.9 Å². The molecule has 4 N–H and O–H groups in total. The van der Waals surface area contributed by atoms with Crippen molar-refractivity contribution < 1.29 is 4.79 Å². The Kier molecular flexibility index (Phi) is 4.90. The maximum atomic E-state index is 12.4. The van der Waals surface area contributed by atoms with E-state index >= 15 is 0 Å². The molecule has 0 saturated heterocycles. The monoisotopic (exact) mass is 284 g/mol. The minimum absolute atomic E-state index is 0.0637. The van der Waals surface area contributed by atoms with Gasteiger partial charge in [0.15, 0.2) is 0 Å². The summed E-state index contributed by atoms with van der Waals surface area (Å²) in [7, 11) is 0. The number of nitrogens with two attached hydrogens (primary N) is 1. The number of benzene rings is 1. The summed E-state index contributed by atoms with van der Waals surface area (Å²) in [5.41, 5.74) is 4.93. The van der Waals surface area contributed by atoms with Crippen molar-refractivity contribution in [2.24, 2.45) is 5.84 Å². The van der Waals surface area contributed by atoms with Crippen molar-refractivity contribution in [3.05, 3.63) is 59.3 Å². The molecule has 5 nitrogen and oxygen atoms in total. The van der Waals surface area contributed by atoms with Crippen molar-refractivity contribution in [3.8, 4) is 0 Å². The predicted molar refractivity (Wildman–Crippen MR) is 83.7 cm³/mol. The van der Waals surface area contributed by atoms with Gasteiger partial charge in [-0.3, -0.25) is 4.79 Å². The number of pyridine rings is 1. The molecule has 5 heteroatoms. The van der Waals surface area contributed by atoms with E-state index in [9.17, 15) is 4.79 Å². The van der Waals surface area contributed by atoms with Gasteiger partial charge in [0.25, 0.3) is 5.91 Å². The van der Waals surface area contributed by atoms with Gasteiger partial charge in [-0.25, -0.2) is 10.8 Å². The fraction of sp³-hybridized carbons (Fsp3) is 0.250. The van der Waals surface area contributed by atoms with Gasteiger partial charge < -0.3 is 10.7 Å². The third-order valence-electron chi connectivity index (χ3n) is 3.30. The Bertz CT molecular complexity index is 591. The van der Waals surface area contributed by atoms with E-state index in [0.717, 1.165) is 17.7 Å². The number of carbonyl (C=O) groups excluding carboxylic acids is 1. The van der Waals surface area contributed by atoms with Crippen molar-refractivity contribution in [2.45, 2.75) is 26.3 Å². The zero-order valence-electron chi connectivity index (χ0n) is 12.3. The largest absolute Gasteiger partial charge is 0.346 e. The summed E-state index contributed by atoms with van der Waals surface area (Å²) in [6, 6.07) is 13.2. The smallest absolute Gasteiger partial charge is 0.251 e. The van der Waals surface area contributed by atoms with E-state index < -0.39 is 0 Å². The number of hydrogen-bond donors (Lipinski definition) is 3. The van der Waals surface area contributed by atoms with E-state index in [2.05, 4.69) is 15.7 Å². The van der Waals surface area contributed by atoms with E-state index in [0.29, 0.717) is 11.4 Å². The molecule has 1 aromatic carbocycles. The van der Waals surface area contributed by atoms with Crippen molar-refractivity contribution in [1.29, 1.82) is 0 Å². The number of anilines is 1. The lowest BCUT2D eigenvalue weighted by Gasteiger charge is -2.15. The first-order valence-corrected chi connectivity index (χ1v) is 6.97. The van der Waals surface area contributed by atoms with Gasteiger partial charge in [0.2, 0.25) is 0 Å². The Morgan fingerprint density at radius 2 is 2.00 bits per heavy atom. The molecule has 1 unspecified atom stereocenters. The number of aromatic nitrogens is 1. The Hall–Kier alpha value is -2.40. The van der Waals surface area contributed by atoms with E-state index in [1.807, 2.05) is 44.2 Å². The molecule has 0 bridgehead atoms. The van der Waals surface area contributed by atoms with Crippen LogP contribution in [0.25, 0.3) is 0 Å². The molecule has 2 aromatic rings. The first kappa shape index (κ1) is 15.0. The highest BCUT2D eigenvalue weighted by molar-refractivity contribution is 5.95. The van der Waals surface area contributed by atoms with Crippen molar-refractivity contribution in [3.63, 3.8) is 0 Å². The second-order valence-corrected chi connectivity index (χ2v) is 4.84. The molecule has 110 valence electrons. The molecule has 0 aliphatic carbocycles. The van der Waals surface area contributed by atoms with Crippen molar-refractivity contribution >= 4 is 11.7 Å². The van der Waals surface area contributed by atoms with Crippen LogP contribution in [0.3, 0.4) is 0 Å². The van der Waals surface area contributed by atoms with Crippen LogP contribution in [0, 0.1) is 0 Å². The van der Waals surface area contributed by atoms with Gasteiger partial charge in [0.05, 0.1) is 6.04 Å². The third kappa shape index (κ3) is 3.79. The number of amides is 1. The van der Waals surface area contributed by atoms with Crippen LogP contribution in [0.1, 0.15) is 41.5 Å². The molecule has 0 aliphatic heterocycles. The average Bonchev–Trinajstić information content (AvgIpc) is 2.54. The summed E-state index contributed by atoms with van der Waals surface area (Å²) in [5, 5.41) is 2.98.